The molecule has 0 radical (unpaired) electrons. The van der Waals surface area contributed by atoms with Crippen LogP contribution in [0.4, 0.5) is 0 Å². The Kier molecular flexibility index (Phi) is 2.60. The first-order chi connectivity index (χ1) is 9.15. The summed E-state index contributed by atoms with van der Waals surface area (Å²) in [6.45, 7) is 2.02. The van der Waals surface area contributed by atoms with Gasteiger partial charge in [0.1, 0.15) is 5.58 Å². The van der Waals surface area contributed by atoms with Crippen LogP contribution in [0.1, 0.15) is 15.9 Å². The third kappa shape index (κ3) is 1.99. The first-order valence-corrected chi connectivity index (χ1v) is 5.97. The van der Waals surface area contributed by atoms with Crippen LogP contribution in [0.2, 0.25) is 0 Å². The fraction of sp³-hybridized carbons (Fsp3) is 0.0625. The zero-order valence-electron chi connectivity index (χ0n) is 10.4. The quantitative estimate of drug-likeness (QED) is 0.746. The Labute approximate surface area is 110 Å². The Morgan fingerprint density at radius 3 is 2.53 bits per heavy atom. The highest BCUT2D eigenvalue weighted by Crippen LogP contribution is 2.31. The van der Waals surface area contributed by atoms with Gasteiger partial charge in [0, 0.05) is 5.39 Å². The van der Waals surface area contributed by atoms with Crippen molar-refractivity contribution in [1.82, 2.24) is 0 Å². The number of carboxylic acid groups (broad SMARTS) is 1. The summed E-state index contributed by atoms with van der Waals surface area (Å²) in [7, 11) is 0. The van der Waals surface area contributed by atoms with Crippen molar-refractivity contribution in [3.63, 3.8) is 0 Å². The highest BCUT2D eigenvalue weighted by molar-refractivity contribution is 6.00. The molecule has 1 heterocycles. The predicted octanol–water partition coefficient (Wildman–Crippen LogP) is 4.11. The molecule has 3 nitrogen and oxygen atoms in total. The van der Waals surface area contributed by atoms with Gasteiger partial charge in [0.2, 0.25) is 0 Å². The van der Waals surface area contributed by atoms with Crippen molar-refractivity contribution in [2.75, 3.05) is 0 Å². The first-order valence-electron chi connectivity index (χ1n) is 5.97. The summed E-state index contributed by atoms with van der Waals surface area (Å²) in [6, 6.07) is 13.1. The lowest BCUT2D eigenvalue weighted by atomic mass is 9.98. The molecule has 1 aromatic heterocycles. The molecule has 0 saturated heterocycles. The van der Waals surface area contributed by atoms with Crippen LogP contribution in [0.5, 0.6) is 0 Å². The van der Waals surface area contributed by atoms with E-state index in [1.165, 1.54) is 5.56 Å². The lowest BCUT2D eigenvalue weighted by Gasteiger charge is -2.05. The molecule has 1 N–H and O–H groups in total. The van der Waals surface area contributed by atoms with E-state index in [2.05, 4.69) is 0 Å². The van der Waals surface area contributed by atoms with Crippen LogP contribution in [0.3, 0.4) is 0 Å². The van der Waals surface area contributed by atoms with Crippen molar-refractivity contribution in [3.05, 3.63) is 59.9 Å². The number of fused-ring (bicyclic) bond motifs is 1. The molecule has 94 valence electrons. The third-order valence-electron chi connectivity index (χ3n) is 3.18. The number of hydrogen-bond donors (Lipinski definition) is 1. The van der Waals surface area contributed by atoms with Crippen molar-refractivity contribution in [3.8, 4) is 11.1 Å². The van der Waals surface area contributed by atoms with Gasteiger partial charge in [-0.05, 0) is 36.2 Å². The van der Waals surface area contributed by atoms with Gasteiger partial charge >= 0.3 is 5.97 Å². The summed E-state index contributed by atoms with van der Waals surface area (Å²) < 4.78 is 5.33. The van der Waals surface area contributed by atoms with Gasteiger partial charge in [-0.3, -0.25) is 0 Å². The average molecular weight is 252 g/mol. The Morgan fingerprint density at radius 1 is 1.11 bits per heavy atom. The largest absolute Gasteiger partial charge is 0.478 e. The molecule has 0 bridgehead atoms. The number of hydrogen-bond acceptors (Lipinski definition) is 2. The van der Waals surface area contributed by atoms with E-state index in [4.69, 9.17) is 9.52 Å². The molecule has 3 heteroatoms. The highest BCUT2D eigenvalue weighted by atomic mass is 16.4. The van der Waals surface area contributed by atoms with Gasteiger partial charge in [-0.25, -0.2) is 4.79 Å². The summed E-state index contributed by atoms with van der Waals surface area (Å²) >= 11 is 0. The number of carbonyl (C=O) groups is 1. The third-order valence-corrected chi connectivity index (χ3v) is 3.18. The molecule has 3 rings (SSSR count). The van der Waals surface area contributed by atoms with Crippen molar-refractivity contribution in [2.24, 2.45) is 0 Å². The lowest BCUT2D eigenvalue weighted by molar-refractivity contribution is 0.0697. The molecule has 0 aliphatic heterocycles. The monoisotopic (exact) mass is 252 g/mol. The van der Waals surface area contributed by atoms with Crippen LogP contribution in [-0.2, 0) is 0 Å². The van der Waals surface area contributed by atoms with Gasteiger partial charge in [0.15, 0.2) is 0 Å². The number of benzene rings is 2. The highest BCUT2D eigenvalue weighted by Gasteiger charge is 2.12. The molecule has 0 atom stereocenters. The second-order valence-corrected chi connectivity index (χ2v) is 4.53. The van der Waals surface area contributed by atoms with E-state index in [1.807, 2.05) is 37.3 Å². The summed E-state index contributed by atoms with van der Waals surface area (Å²) in [5.74, 6) is -0.952. The van der Waals surface area contributed by atoms with Crippen molar-refractivity contribution in [1.29, 1.82) is 0 Å². The zero-order valence-corrected chi connectivity index (χ0v) is 10.4. The van der Waals surface area contributed by atoms with Gasteiger partial charge in [-0.1, -0.05) is 29.8 Å². The second-order valence-electron chi connectivity index (χ2n) is 4.53. The van der Waals surface area contributed by atoms with E-state index >= 15 is 0 Å². The molecule has 0 saturated carbocycles. The molecule has 3 aromatic rings. The summed E-state index contributed by atoms with van der Waals surface area (Å²) in [5, 5.41) is 10.1. The smallest absolute Gasteiger partial charge is 0.335 e. The van der Waals surface area contributed by atoms with Crippen molar-refractivity contribution < 1.29 is 14.3 Å². The van der Waals surface area contributed by atoms with Gasteiger partial charge in [0.05, 0.1) is 11.8 Å². The van der Waals surface area contributed by atoms with Crippen molar-refractivity contribution in [2.45, 2.75) is 6.92 Å². The SMILES string of the molecule is Cc1ccc(-c2cc(C(=O)O)cc3occc23)cc1. The van der Waals surface area contributed by atoms with Crippen LogP contribution < -0.4 is 0 Å². The van der Waals surface area contributed by atoms with Gasteiger partial charge in [-0.2, -0.15) is 0 Å². The fourth-order valence-corrected chi connectivity index (χ4v) is 2.17. The zero-order chi connectivity index (χ0) is 13.4. The number of aromatic carboxylic acids is 1. The van der Waals surface area contributed by atoms with E-state index in [-0.39, 0.29) is 5.56 Å². The van der Waals surface area contributed by atoms with E-state index < -0.39 is 5.97 Å². The van der Waals surface area contributed by atoms with E-state index in [9.17, 15) is 4.79 Å². The number of aryl methyl sites for hydroxylation is 1. The maximum atomic E-state index is 11.2. The van der Waals surface area contributed by atoms with Crippen LogP contribution in [-0.4, -0.2) is 11.1 Å². The topological polar surface area (TPSA) is 50.4 Å². The Morgan fingerprint density at radius 2 is 1.84 bits per heavy atom. The summed E-state index contributed by atoms with van der Waals surface area (Å²) in [4.78, 5) is 11.2. The van der Waals surface area contributed by atoms with Crippen molar-refractivity contribution >= 4 is 16.9 Å². The molecule has 0 fully saturated rings. The minimum atomic E-state index is -0.952. The number of carboxylic acids is 1. The van der Waals surface area contributed by atoms with Gasteiger partial charge in [-0.15, -0.1) is 0 Å². The van der Waals surface area contributed by atoms with Crippen LogP contribution in [0.25, 0.3) is 22.1 Å². The molecular weight excluding hydrogens is 240 g/mol. The standard InChI is InChI=1S/C16H12O3/c1-10-2-4-11(5-3-10)14-8-12(16(17)18)9-15-13(14)6-7-19-15/h2-9H,1H3,(H,17,18). The van der Waals surface area contributed by atoms with Crippen LogP contribution in [0.15, 0.2) is 53.1 Å². The molecule has 0 aliphatic rings. The number of rotatable bonds is 2. The Balaban J connectivity index is 2.29. The molecule has 0 spiro atoms. The van der Waals surface area contributed by atoms with E-state index in [0.29, 0.717) is 5.58 Å². The summed E-state index contributed by atoms with van der Waals surface area (Å²) in [6.07, 6.45) is 1.58. The predicted molar refractivity (Wildman–Crippen MR) is 73.3 cm³/mol. The fourth-order valence-electron chi connectivity index (χ4n) is 2.17. The summed E-state index contributed by atoms with van der Waals surface area (Å²) in [5.41, 5.74) is 3.86. The maximum absolute atomic E-state index is 11.2. The lowest BCUT2D eigenvalue weighted by Crippen LogP contribution is -1.96. The van der Waals surface area contributed by atoms with Crippen LogP contribution >= 0.6 is 0 Å². The van der Waals surface area contributed by atoms with Gasteiger partial charge < -0.3 is 9.52 Å². The molecule has 2 aromatic carbocycles. The second kappa shape index (κ2) is 4.28. The minimum Gasteiger partial charge on any atom is -0.478 e. The molecular formula is C16H12O3. The Hall–Kier alpha value is -2.55. The molecule has 0 aliphatic carbocycles. The molecule has 0 amide bonds. The van der Waals surface area contributed by atoms with E-state index in [0.717, 1.165) is 16.5 Å². The van der Waals surface area contributed by atoms with Gasteiger partial charge in [0.25, 0.3) is 0 Å². The van der Waals surface area contributed by atoms with E-state index in [1.54, 1.807) is 18.4 Å². The normalized spacial score (nSPS) is 10.8. The number of furan rings is 1. The molecule has 19 heavy (non-hydrogen) atoms. The molecule has 0 unspecified atom stereocenters. The first kappa shape index (κ1) is 11.5. The minimum absolute atomic E-state index is 0.234. The van der Waals surface area contributed by atoms with Crippen LogP contribution in [0, 0.1) is 6.92 Å². The Bertz CT molecular complexity index is 751. The average Bonchev–Trinajstić information content (AvgIpc) is 2.86. The maximum Gasteiger partial charge on any atom is 0.335 e.